The number of rotatable bonds is 1. The van der Waals surface area contributed by atoms with Gasteiger partial charge in [0.15, 0.2) is 11.6 Å². The van der Waals surface area contributed by atoms with E-state index < -0.39 is 11.6 Å². The van der Waals surface area contributed by atoms with Gasteiger partial charge in [-0.1, -0.05) is 6.92 Å². The molecule has 1 heterocycles. The van der Waals surface area contributed by atoms with Crippen molar-refractivity contribution in [1.82, 2.24) is 0 Å². The number of anilines is 1. The van der Waals surface area contributed by atoms with Gasteiger partial charge in [-0.05, 0) is 12.1 Å². The van der Waals surface area contributed by atoms with Crippen LogP contribution in [0.1, 0.15) is 12.5 Å². The Bertz CT molecular complexity index is 470. The molecule has 0 spiro atoms. The van der Waals surface area contributed by atoms with Gasteiger partial charge >= 0.3 is 0 Å². The summed E-state index contributed by atoms with van der Waals surface area (Å²) in [5.74, 6) is -1.05. The van der Waals surface area contributed by atoms with E-state index in [0.29, 0.717) is 18.3 Å². The minimum absolute atomic E-state index is 0.245. The Balaban J connectivity index is 2.33. The van der Waals surface area contributed by atoms with E-state index >= 15 is 0 Å². The fourth-order valence-electron chi connectivity index (χ4n) is 1.91. The van der Waals surface area contributed by atoms with Crippen molar-refractivity contribution in [3.8, 4) is 6.07 Å². The monoisotopic (exact) mass is 254 g/mol. The van der Waals surface area contributed by atoms with Crippen LogP contribution in [0.25, 0.3) is 0 Å². The highest BCUT2D eigenvalue weighted by Crippen LogP contribution is 2.28. The van der Waals surface area contributed by atoms with Gasteiger partial charge in [-0.15, -0.1) is 0 Å². The molecule has 5 heteroatoms. The molecule has 1 aliphatic heterocycles. The molecule has 1 aliphatic rings. The van der Waals surface area contributed by atoms with Crippen molar-refractivity contribution in [2.24, 2.45) is 0 Å². The quantitative estimate of drug-likeness (QED) is 0.771. The topological polar surface area (TPSA) is 27.0 Å². The normalized spacial score (nSPS) is 20.1. The van der Waals surface area contributed by atoms with Crippen molar-refractivity contribution in [2.75, 3.05) is 23.7 Å². The average Bonchev–Trinajstić information content (AvgIpc) is 2.32. The second-order valence-electron chi connectivity index (χ2n) is 4.00. The fourth-order valence-corrected chi connectivity index (χ4v) is 2.92. The molecule has 1 atom stereocenters. The Labute approximate surface area is 103 Å². The number of thioether (sulfide) groups is 1. The lowest BCUT2D eigenvalue weighted by Crippen LogP contribution is -2.37. The molecule has 2 rings (SSSR count). The highest BCUT2D eigenvalue weighted by Gasteiger charge is 2.22. The first kappa shape index (κ1) is 12.2. The molecule has 0 N–H and O–H groups in total. The standard InChI is InChI=1S/C12H12F2N2S/c1-8-7-16(4-5-17-8)10-3-2-9(6-15)11(13)12(10)14/h2-3,8H,4-5,7H2,1H3. The number of halogens is 2. The van der Waals surface area contributed by atoms with E-state index in [2.05, 4.69) is 6.92 Å². The predicted molar refractivity (Wildman–Crippen MR) is 65.2 cm³/mol. The van der Waals surface area contributed by atoms with Gasteiger partial charge in [0, 0.05) is 24.1 Å². The molecule has 1 fully saturated rings. The van der Waals surface area contributed by atoms with Crippen LogP contribution < -0.4 is 4.90 Å². The lowest BCUT2D eigenvalue weighted by Gasteiger charge is -2.32. The number of nitrogens with zero attached hydrogens (tertiary/aromatic N) is 2. The predicted octanol–water partition coefficient (Wildman–Crippen LogP) is 2.78. The summed E-state index contributed by atoms with van der Waals surface area (Å²) in [5.41, 5.74) is 0.0133. The Kier molecular flexibility index (Phi) is 3.53. The smallest absolute Gasteiger partial charge is 0.183 e. The van der Waals surface area contributed by atoms with Gasteiger partial charge in [-0.2, -0.15) is 17.0 Å². The second-order valence-corrected chi connectivity index (χ2v) is 5.55. The zero-order chi connectivity index (χ0) is 12.4. The summed E-state index contributed by atoms with van der Waals surface area (Å²) in [4.78, 5) is 1.83. The first-order valence-corrected chi connectivity index (χ1v) is 6.43. The van der Waals surface area contributed by atoms with E-state index in [1.807, 2.05) is 16.7 Å². The lowest BCUT2D eigenvalue weighted by molar-refractivity contribution is 0.503. The van der Waals surface area contributed by atoms with Crippen molar-refractivity contribution in [3.63, 3.8) is 0 Å². The van der Waals surface area contributed by atoms with Crippen LogP contribution in [0.4, 0.5) is 14.5 Å². The fraction of sp³-hybridized carbons (Fsp3) is 0.417. The third kappa shape index (κ3) is 2.37. The second kappa shape index (κ2) is 4.92. The van der Waals surface area contributed by atoms with Gasteiger partial charge in [-0.3, -0.25) is 0 Å². The zero-order valence-corrected chi connectivity index (χ0v) is 10.2. The van der Waals surface area contributed by atoms with Gasteiger partial charge in [-0.25, -0.2) is 8.78 Å². The summed E-state index contributed by atoms with van der Waals surface area (Å²) < 4.78 is 27.3. The maximum absolute atomic E-state index is 13.8. The minimum Gasteiger partial charge on any atom is -0.367 e. The molecule has 1 saturated heterocycles. The molecular weight excluding hydrogens is 242 g/mol. The number of hydrogen-bond acceptors (Lipinski definition) is 3. The molecule has 0 amide bonds. The zero-order valence-electron chi connectivity index (χ0n) is 9.41. The van der Waals surface area contributed by atoms with E-state index in [1.165, 1.54) is 12.1 Å². The lowest BCUT2D eigenvalue weighted by atomic mass is 10.1. The third-order valence-corrected chi connectivity index (χ3v) is 3.90. The highest BCUT2D eigenvalue weighted by atomic mass is 32.2. The first-order chi connectivity index (χ1) is 8.13. The van der Waals surface area contributed by atoms with Crippen molar-refractivity contribution < 1.29 is 8.78 Å². The van der Waals surface area contributed by atoms with Gasteiger partial charge < -0.3 is 4.90 Å². The van der Waals surface area contributed by atoms with Crippen molar-refractivity contribution in [1.29, 1.82) is 5.26 Å². The van der Waals surface area contributed by atoms with E-state index in [4.69, 9.17) is 5.26 Å². The summed E-state index contributed by atoms with van der Waals surface area (Å²) in [6.07, 6.45) is 0. The van der Waals surface area contributed by atoms with Gasteiger partial charge in [0.25, 0.3) is 0 Å². The van der Waals surface area contributed by atoms with Crippen molar-refractivity contribution in [2.45, 2.75) is 12.2 Å². The Morgan fingerprint density at radius 3 is 2.82 bits per heavy atom. The summed E-state index contributed by atoms with van der Waals surface area (Å²) in [6.45, 7) is 3.47. The number of benzene rings is 1. The summed E-state index contributed by atoms with van der Waals surface area (Å²) >= 11 is 1.82. The molecule has 2 nitrogen and oxygen atoms in total. The largest absolute Gasteiger partial charge is 0.367 e. The molecule has 90 valence electrons. The molecule has 1 aromatic rings. The molecule has 0 aliphatic carbocycles. The maximum atomic E-state index is 13.8. The minimum atomic E-state index is -1.05. The van der Waals surface area contributed by atoms with E-state index in [0.717, 1.165) is 5.75 Å². The van der Waals surface area contributed by atoms with Gasteiger partial charge in [0.2, 0.25) is 0 Å². The van der Waals surface area contributed by atoms with Crippen LogP contribution in [0.15, 0.2) is 12.1 Å². The van der Waals surface area contributed by atoms with Gasteiger partial charge in [0.05, 0.1) is 11.3 Å². The van der Waals surface area contributed by atoms with E-state index in [-0.39, 0.29) is 11.3 Å². The molecule has 1 aromatic carbocycles. The van der Waals surface area contributed by atoms with Crippen LogP contribution in [-0.4, -0.2) is 24.1 Å². The number of nitriles is 1. The summed E-state index contributed by atoms with van der Waals surface area (Å²) in [5, 5.41) is 9.02. The van der Waals surface area contributed by atoms with Gasteiger partial charge in [0.1, 0.15) is 6.07 Å². The Morgan fingerprint density at radius 2 is 2.18 bits per heavy atom. The summed E-state index contributed by atoms with van der Waals surface area (Å²) in [6, 6.07) is 4.46. The maximum Gasteiger partial charge on any atom is 0.183 e. The Morgan fingerprint density at radius 1 is 1.41 bits per heavy atom. The molecule has 0 bridgehead atoms. The first-order valence-electron chi connectivity index (χ1n) is 5.38. The molecule has 0 saturated carbocycles. The molecule has 0 radical (unpaired) electrons. The van der Waals surface area contributed by atoms with Crippen LogP contribution in [0.5, 0.6) is 0 Å². The van der Waals surface area contributed by atoms with E-state index in [1.54, 1.807) is 6.07 Å². The van der Waals surface area contributed by atoms with Crippen molar-refractivity contribution in [3.05, 3.63) is 29.3 Å². The van der Waals surface area contributed by atoms with E-state index in [9.17, 15) is 8.78 Å². The number of hydrogen-bond donors (Lipinski definition) is 0. The van der Waals surface area contributed by atoms with Crippen LogP contribution in [0.2, 0.25) is 0 Å². The van der Waals surface area contributed by atoms with Crippen LogP contribution in [0, 0.1) is 23.0 Å². The third-order valence-electron chi connectivity index (χ3n) is 2.76. The van der Waals surface area contributed by atoms with Crippen LogP contribution in [0.3, 0.4) is 0 Å². The summed E-state index contributed by atoms with van der Waals surface area (Å²) in [7, 11) is 0. The van der Waals surface area contributed by atoms with Crippen molar-refractivity contribution >= 4 is 17.4 Å². The Hall–Kier alpha value is -1.28. The molecule has 1 unspecified atom stereocenters. The highest BCUT2D eigenvalue weighted by molar-refractivity contribution is 8.00. The van der Waals surface area contributed by atoms with Crippen LogP contribution in [-0.2, 0) is 0 Å². The molecular formula is C12H12F2N2S. The SMILES string of the molecule is CC1CN(c2ccc(C#N)c(F)c2F)CCS1. The van der Waals surface area contributed by atoms with Crippen LogP contribution >= 0.6 is 11.8 Å². The molecule has 0 aromatic heterocycles. The molecule has 17 heavy (non-hydrogen) atoms. The average molecular weight is 254 g/mol.